The maximum atomic E-state index is 2.32. The van der Waals surface area contributed by atoms with Crippen molar-refractivity contribution in [3.8, 4) is 0 Å². The predicted octanol–water partition coefficient (Wildman–Crippen LogP) is 2.24. The number of benzene rings is 4. The van der Waals surface area contributed by atoms with Crippen LogP contribution in [0.15, 0.2) is 121 Å². The molecule has 0 atom stereocenters. The third kappa shape index (κ3) is 3.20. The Balaban J connectivity index is 0.00000196. The summed E-state index contributed by atoms with van der Waals surface area (Å²) in [5.41, 5.74) is 0. The van der Waals surface area contributed by atoms with Gasteiger partial charge in [-0.25, -0.2) is 0 Å². The molecule has 128 valence electrons. The fourth-order valence-electron chi connectivity index (χ4n) is 3.75. The summed E-state index contributed by atoms with van der Waals surface area (Å²) >= 11 is -3.31. The van der Waals surface area contributed by atoms with Gasteiger partial charge < -0.3 is 5.48 Å². The second-order valence-electron chi connectivity index (χ2n) is 6.21. The van der Waals surface area contributed by atoms with Crippen LogP contribution >= 0.6 is 0 Å². The zero-order valence-electron chi connectivity index (χ0n) is 14.5. The molecule has 0 saturated heterocycles. The first-order valence-corrected chi connectivity index (χ1v) is 14.4. The zero-order valence-corrected chi connectivity index (χ0v) is 17.4. The second-order valence-corrected chi connectivity index (χ2v) is 17.1. The first-order valence-electron chi connectivity index (χ1n) is 8.64. The van der Waals surface area contributed by atoms with Crippen molar-refractivity contribution in [1.82, 2.24) is 0 Å². The van der Waals surface area contributed by atoms with Crippen LogP contribution in [0.25, 0.3) is 0 Å². The molecule has 0 aliphatic rings. The molecular weight excluding hydrogens is 423 g/mol. The van der Waals surface area contributed by atoms with E-state index < -0.39 is 18.4 Å². The van der Waals surface area contributed by atoms with E-state index >= 15 is 0 Å². The van der Waals surface area contributed by atoms with Crippen molar-refractivity contribution in [3.05, 3.63) is 121 Å². The Morgan fingerprint density at radius 2 is 0.500 bits per heavy atom. The van der Waals surface area contributed by atoms with E-state index in [4.69, 9.17) is 0 Å². The molecule has 0 aromatic heterocycles. The molecule has 0 spiro atoms. The average molecular weight is 445 g/mol. The molecule has 4 aromatic carbocycles. The Morgan fingerprint density at radius 1 is 0.308 bits per heavy atom. The summed E-state index contributed by atoms with van der Waals surface area (Å²) in [6.07, 6.45) is 0. The van der Waals surface area contributed by atoms with E-state index in [1.54, 1.807) is 0 Å². The van der Waals surface area contributed by atoms with Gasteiger partial charge in [-0.05, 0) is 0 Å². The summed E-state index contributed by atoms with van der Waals surface area (Å²) in [4.78, 5) is 0. The van der Waals surface area contributed by atoms with Gasteiger partial charge in [0, 0.05) is 0 Å². The van der Waals surface area contributed by atoms with Crippen LogP contribution in [0, 0.1) is 0 Å². The van der Waals surface area contributed by atoms with Crippen molar-refractivity contribution in [2.45, 2.75) is 0 Å². The molecule has 0 fully saturated rings. The quantitative estimate of drug-likeness (QED) is 0.432. The van der Waals surface area contributed by atoms with E-state index in [0.29, 0.717) is 0 Å². The molecule has 0 radical (unpaired) electrons. The van der Waals surface area contributed by atoms with Crippen LogP contribution in [-0.4, -0.2) is 23.9 Å². The van der Waals surface area contributed by atoms with Crippen LogP contribution in [0.4, 0.5) is 0 Å². The molecule has 1 nitrogen and oxygen atoms in total. The summed E-state index contributed by atoms with van der Waals surface area (Å²) in [6, 6.07) is 44.4. The van der Waals surface area contributed by atoms with Crippen LogP contribution in [0.5, 0.6) is 0 Å². The minimum atomic E-state index is -3.31. The fourth-order valence-corrected chi connectivity index (χ4v) is 17.4. The third-order valence-corrected chi connectivity index (χ3v) is 18.5. The molecule has 4 rings (SSSR count). The minimum absolute atomic E-state index is 0. The van der Waals surface area contributed by atoms with Gasteiger partial charge in [0.1, 0.15) is 0 Å². The summed E-state index contributed by atoms with van der Waals surface area (Å²) < 4.78 is 5.95. The molecule has 2 heteroatoms. The van der Waals surface area contributed by atoms with Gasteiger partial charge in [0.2, 0.25) is 0 Å². The molecule has 0 aliphatic heterocycles. The number of hydrogen-bond acceptors (Lipinski definition) is 0. The standard InChI is InChI=1S/4C6H5.H2O.Sn/c4*1-2-4-6-5-3-1;;/h4*1-5H;1H2;. The molecule has 0 amide bonds. The van der Waals surface area contributed by atoms with Gasteiger partial charge in [-0.1, -0.05) is 0 Å². The van der Waals surface area contributed by atoms with E-state index in [1.165, 1.54) is 14.3 Å². The van der Waals surface area contributed by atoms with Gasteiger partial charge in [0.15, 0.2) is 0 Å². The molecule has 4 aromatic rings. The molecule has 0 bridgehead atoms. The summed E-state index contributed by atoms with van der Waals surface area (Å²) in [6.45, 7) is 0. The zero-order chi connectivity index (χ0) is 17.0. The van der Waals surface area contributed by atoms with Crippen molar-refractivity contribution in [3.63, 3.8) is 0 Å². The van der Waals surface area contributed by atoms with Crippen LogP contribution in [0.3, 0.4) is 0 Å². The van der Waals surface area contributed by atoms with Crippen molar-refractivity contribution >= 4 is 32.7 Å². The van der Waals surface area contributed by atoms with Crippen molar-refractivity contribution in [2.24, 2.45) is 0 Å². The number of rotatable bonds is 4. The van der Waals surface area contributed by atoms with Crippen LogP contribution in [0.1, 0.15) is 0 Å². The van der Waals surface area contributed by atoms with E-state index in [9.17, 15) is 0 Å². The predicted molar refractivity (Wildman–Crippen MR) is 114 cm³/mol. The van der Waals surface area contributed by atoms with Gasteiger partial charge in [0.25, 0.3) is 0 Å². The molecular formula is C24H22OSn. The van der Waals surface area contributed by atoms with Gasteiger partial charge >= 0.3 is 154 Å². The third-order valence-electron chi connectivity index (χ3n) is 4.83. The summed E-state index contributed by atoms with van der Waals surface area (Å²) in [5, 5.41) is 0. The molecule has 0 heterocycles. The van der Waals surface area contributed by atoms with Gasteiger partial charge in [0.05, 0.1) is 0 Å². The van der Waals surface area contributed by atoms with Crippen molar-refractivity contribution in [1.29, 1.82) is 0 Å². The molecule has 0 unspecified atom stereocenters. The van der Waals surface area contributed by atoms with Crippen LogP contribution < -0.4 is 14.3 Å². The molecule has 2 N–H and O–H groups in total. The average Bonchev–Trinajstić information content (AvgIpc) is 2.72. The molecule has 0 saturated carbocycles. The van der Waals surface area contributed by atoms with Crippen LogP contribution in [-0.2, 0) is 0 Å². The van der Waals surface area contributed by atoms with Crippen molar-refractivity contribution in [2.75, 3.05) is 0 Å². The Labute approximate surface area is 159 Å². The first kappa shape index (κ1) is 18.4. The van der Waals surface area contributed by atoms with Gasteiger partial charge in [-0.2, -0.15) is 0 Å². The monoisotopic (exact) mass is 446 g/mol. The Bertz CT molecular complexity index is 759. The Kier molecular flexibility index (Phi) is 5.92. The maximum absolute atomic E-state index is 3.31. The van der Waals surface area contributed by atoms with Gasteiger partial charge in [-0.3, -0.25) is 0 Å². The topological polar surface area (TPSA) is 31.5 Å². The van der Waals surface area contributed by atoms with Crippen molar-refractivity contribution < 1.29 is 5.48 Å². The van der Waals surface area contributed by atoms with E-state index in [0.717, 1.165) is 0 Å². The molecule has 0 aliphatic carbocycles. The Morgan fingerprint density at radius 3 is 0.692 bits per heavy atom. The van der Waals surface area contributed by atoms with Crippen LogP contribution in [0.2, 0.25) is 0 Å². The second kappa shape index (κ2) is 8.35. The molecule has 26 heavy (non-hydrogen) atoms. The summed E-state index contributed by atoms with van der Waals surface area (Å²) in [7, 11) is 0. The normalized spacial score (nSPS) is 10.8. The summed E-state index contributed by atoms with van der Waals surface area (Å²) in [5.74, 6) is 0. The fraction of sp³-hybridized carbons (Fsp3) is 0. The number of hydrogen-bond donors (Lipinski definition) is 0. The van der Waals surface area contributed by atoms with E-state index in [-0.39, 0.29) is 5.48 Å². The Hall–Kier alpha value is -2.36. The van der Waals surface area contributed by atoms with E-state index in [1.807, 2.05) is 0 Å². The van der Waals surface area contributed by atoms with Gasteiger partial charge in [-0.15, -0.1) is 0 Å². The SMILES string of the molecule is O.c1cc[c]([Sn]([c]2ccccc2)([c]2ccccc2)[c]2ccccc2)cc1. The first-order chi connectivity index (χ1) is 12.4. The van der Waals surface area contributed by atoms with E-state index in [2.05, 4.69) is 121 Å².